The summed E-state index contributed by atoms with van der Waals surface area (Å²) in [4.78, 5) is 12.2. The number of hydrogen-bond acceptors (Lipinski definition) is 5. The van der Waals surface area contributed by atoms with Crippen molar-refractivity contribution in [1.29, 1.82) is 0 Å². The zero-order valence-electron chi connectivity index (χ0n) is 12.1. The molecule has 0 unspecified atom stereocenters. The summed E-state index contributed by atoms with van der Waals surface area (Å²) >= 11 is 3.02. The second-order valence-corrected chi connectivity index (χ2v) is 6.52. The minimum Gasteiger partial charge on any atom is -0.369 e. The van der Waals surface area contributed by atoms with Crippen molar-refractivity contribution in [3.63, 3.8) is 0 Å². The summed E-state index contributed by atoms with van der Waals surface area (Å²) in [7, 11) is 0. The fourth-order valence-corrected chi connectivity index (χ4v) is 3.76. The lowest BCUT2D eigenvalue weighted by atomic mass is 10.1. The monoisotopic (exact) mass is 322 g/mol. The Hall–Kier alpha value is -1.60. The molecular weight excluding hydrogens is 304 g/mol. The van der Waals surface area contributed by atoms with Crippen molar-refractivity contribution >= 4 is 29.0 Å². The Morgan fingerprint density at radius 3 is 2.95 bits per heavy atom. The molecule has 0 saturated carbocycles. The zero-order chi connectivity index (χ0) is 15.4. The van der Waals surface area contributed by atoms with Crippen LogP contribution in [0.25, 0.3) is 11.4 Å². The fraction of sp³-hybridized carbons (Fsp3) is 0.357. The Morgan fingerprint density at radius 2 is 2.33 bits per heavy atom. The number of amides is 1. The normalized spacial score (nSPS) is 10.8. The van der Waals surface area contributed by atoms with Gasteiger partial charge in [0, 0.05) is 22.4 Å². The highest BCUT2D eigenvalue weighted by Crippen LogP contribution is 2.32. The number of carbonyl (C=O) groups excluding carboxylic acids is 1. The van der Waals surface area contributed by atoms with Gasteiger partial charge in [0.15, 0.2) is 11.0 Å². The lowest BCUT2D eigenvalue weighted by Gasteiger charge is -2.07. The maximum Gasteiger partial charge on any atom is 0.227 e. The first-order valence-electron chi connectivity index (χ1n) is 6.61. The third-order valence-corrected chi connectivity index (χ3v) is 5.01. The quantitative estimate of drug-likeness (QED) is 0.628. The highest BCUT2D eigenvalue weighted by atomic mass is 32.2. The summed E-state index contributed by atoms with van der Waals surface area (Å²) in [6, 6.07) is 0. The third kappa shape index (κ3) is 3.36. The van der Waals surface area contributed by atoms with Gasteiger partial charge in [0.05, 0.1) is 5.75 Å². The first kappa shape index (κ1) is 15.8. The smallest absolute Gasteiger partial charge is 0.227 e. The Balaban J connectivity index is 2.43. The van der Waals surface area contributed by atoms with Crippen molar-refractivity contribution in [3.8, 4) is 11.4 Å². The molecule has 0 spiro atoms. The number of nitrogens with two attached hydrogens (primary N) is 1. The summed E-state index contributed by atoms with van der Waals surface area (Å²) in [5.74, 6) is 0.650. The van der Waals surface area contributed by atoms with Crippen molar-refractivity contribution in [2.75, 3.05) is 5.75 Å². The first-order chi connectivity index (χ1) is 10.1. The van der Waals surface area contributed by atoms with Crippen LogP contribution in [0.2, 0.25) is 0 Å². The van der Waals surface area contributed by atoms with Crippen molar-refractivity contribution in [1.82, 2.24) is 14.8 Å². The molecule has 0 aliphatic carbocycles. The van der Waals surface area contributed by atoms with Gasteiger partial charge in [0.2, 0.25) is 5.91 Å². The number of rotatable bonds is 7. The summed E-state index contributed by atoms with van der Waals surface area (Å²) in [6.45, 7) is 8.63. The molecule has 2 aromatic rings. The lowest BCUT2D eigenvalue weighted by Crippen LogP contribution is -2.13. The van der Waals surface area contributed by atoms with Crippen LogP contribution in [-0.2, 0) is 17.8 Å². The van der Waals surface area contributed by atoms with E-state index in [0.717, 1.165) is 17.8 Å². The average molecular weight is 322 g/mol. The van der Waals surface area contributed by atoms with Crippen LogP contribution in [0.3, 0.4) is 0 Å². The first-order valence-corrected chi connectivity index (χ1v) is 8.47. The Kier molecular flexibility index (Phi) is 5.19. The summed E-state index contributed by atoms with van der Waals surface area (Å²) in [5.41, 5.74) is 7.60. The van der Waals surface area contributed by atoms with E-state index >= 15 is 0 Å². The predicted molar refractivity (Wildman–Crippen MR) is 87.6 cm³/mol. The van der Waals surface area contributed by atoms with Crippen LogP contribution < -0.4 is 5.73 Å². The van der Waals surface area contributed by atoms with E-state index in [9.17, 15) is 4.79 Å². The minimum atomic E-state index is -0.365. The van der Waals surface area contributed by atoms with E-state index in [2.05, 4.69) is 36.0 Å². The van der Waals surface area contributed by atoms with Crippen LogP contribution in [-0.4, -0.2) is 26.4 Å². The lowest BCUT2D eigenvalue weighted by molar-refractivity contribution is -0.115. The molecule has 112 valence electrons. The minimum absolute atomic E-state index is 0.193. The Morgan fingerprint density at radius 1 is 1.57 bits per heavy atom. The van der Waals surface area contributed by atoms with Crippen molar-refractivity contribution < 1.29 is 4.79 Å². The molecule has 2 heterocycles. The van der Waals surface area contributed by atoms with Crippen molar-refractivity contribution in [2.45, 2.75) is 32.0 Å². The van der Waals surface area contributed by atoms with Gasteiger partial charge in [0.1, 0.15) is 0 Å². The number of allylic oxidation sites excluding steroid dienone is 1. The zero-order valence-corrected chi connectivity index (χ0v) is 13.8. The summed E-state index contributed by atoms with van der Waals surface area (Å²) in [6.07, 6.45) is 2.75. The maximum absolute atomic E-state index is 10.9. The molecule has 0 saturated heterocycles. The molecule has 0 radical (unpaired) electrons. The van der Waals surface area contributed by atoms with Crippen LogP contribution in [0, 0.1) is 6.92 Å². The molecule has 0 atom stereocenters. The summed E-state index contributed by atoms with van der Waals surface area (Å²) < 4.78 is 1.97. The molecule has 2 rings (SSSR count). The molecular formula is C14H18N4OS2. The molecule has 0 bridgehead atoms. The van der Waals surface area contributed by atoms with E-state index in [-0.39, 0.29) is 11.7 Å². The van der Waals surface area contributed by atoms with Gasteiger partial charge in [0.25, 0.3) is 0 Å². The molecule has 21 heavy (non-hydrogen) atoms. The topological polar surface area (TPSA) is 73.8 Å². The molecule has 0 aliphatic heterocycles. The number of primary amides is 1. The van der Waals surface area contributed by atoms with Gasteiger partial charge in [-0.3, -0.25) is 9.36 Å². The molecule has 2 aromatic heterocycles. The highest BCUT2D eigenvalue weighted by molar-refractivity contribution is 7.99. The van der Waals surface area contributed by atoms with E-state index in [1.165, 1.54) is 22.2 Å². The van der Waals surface area contributed by atoms with Gasteiger partial charge >= 0.3 is 0 Å². The number of thioether (sulfide) groups is 1. The molecule has 0 aliphatic rings. The van der Waals surface area contributed by atoms with Gasteiger partial charge < -0.3 is 5.73 Å². The molecule has 1 amide bonds. The van der Waals surface area contributed by atoms with E-state index in [1.54, 1.807) is 17.4 Å². The Bertz CT molecular complexity index is 660. The SMILES string of the molecule is C=CCn1c(SCC(N)=O)nnc1-c1csc(C)c1CC. The number of hydrogen-bond donors (Lipinski definition) is 1. The molecule has 0 fully saturated rings. The molecule has 7 heteroatoms. The standard InChI is InChI=1S/C14H18N4OS2/c1-4-6-18-13(11-7-20-9(3)10(11)5-2)16-17-14(18)21-8-12(15)19/h4,7H,1,5-6,8H2,2-3H3,(H2,15,19). The second-order valence-electron chi connectivity index (χ2n) is 4.50. The van der Waals surface area contributed by atoms with Gasteiger partial charge in [-0.15, -0.1) is 28.1 Å². The van der Waals surface area contributed by atoms with Gasteiger partial charge in [-0.25, -0.2) is 0 Å². The number of aryl methyl sites for hydroxylation is 1. The van der Waals surface area contributed by atoms with Crippen LogP contribution in [0.1, 0.15) is 17.4 Å². The number of thiophene rings is 1. The van der Waals surface area contributed by atoms with Crippen LogP contribution in [0.15, 0.2) is 23.2 Å². The summed E-state index contributed by atoms with van der Waals surface area (Å²) in [5, 5.41) is 11.3. The van der Waals surface area contributed by atoms with Crippen LogP contribution >= 0.6 is 23.1 Å². The largest absolute Gasteiger partial charge is 0.369 e. The van der Waals surface area contributed by atoms with E-state index in [4.69, 9.17) is 5.73 Å². The van der Waals surface area contributed by atoms with E-state index in [1.807, 2.05) is 4.57 Å². The fourth-order valence-electron chi connectivity index (χ4n) is 2.13. The number of aromatic nitrogens is 3. The maximum atomic E-state index is 10.9. The van der Waals surface area contributed by atoms with Gasteiger partial charge in [-0.05, 0) is 18.9 Å². The van der Waals surface area contributed by atoms with Crippen LogP contribution in [0.5, 0.6) is 0 Å². The molecule has 0 aromatic carbocycles. The van der Waals surface area contributed by atoms with Gasteiger partial charge in [-0.1, -0.05) is 24.8 Å². The average Bonchev–Trinajstić information content (AvgIpc) is 3.00. The van der Waals surface area contributed by atoms with Crippen LogP contribution in [0.4, 0.5) is 0 Å². The van der Waals surface area contributed by atoms with Gasteiger partial charge in [-0.2, -0.15) is 0 Å². The van der Waals surface area contributed by atoms with E-state index in [0.29, 0.717) is 11.7 Å². The Labute approximate surface area is 132 Å². The number of carbonyl (C=O) groups is 1. The van der Waals surface area contributed by atoms with E-state index < -0.39 is 0 Å². The highest BCUT2D eigenvalue weighted by Gasteiger charge is 2.18. The predicted octanol–water partition coefficient (Wildman–Crippen LogP) is 2.64. The second kappa shape index (κ2) is 6.91. The molecule has 5 nitrogen and oxygen atoms in total. The number of nitrogens with zero attached hydrogens (tertiary/aromatic N) is 3. The van der Waals surface area contributed by atoms with Crippen molar-refractivity contribution in [3.05, 3.63) is 28.5 Å². The third-order valence-electron chi connectivity index (χ3n) is 3.07. The molecule has 2 N–H and O–H groups in total. The van der Waals surface area contributed by atoms with Crippen molar-refractivity contribution in [2.24, 2.45) is 5.73 Å².